The third-order valence-electron chi connectivity index (χ3n) is 21.9. The van der Waals surface area contributed by atoms with Crippen molar-refractivity contribution in [3.63, 3.8) is 0 Å². The van der Waals surface area contributed by atoms with Crippen LogP contribution in [0.25, 0.3) is 125 Å². The second-order valence-electron chi connectivity index (χ2n) is 29.6. The Morgan fingerprint density at radius 3 is 0.980 bits per heavy atom. The van der Waals surface area contributed by atoms with Gasteiger partial charge in [0.25, 0.3) is 0 Å². The molecule has 9 heterocycles. The summed E-state index contributed by atoms with van der Waals surface area (Å²) in [4.78, 5) is 0. The van der Waals surface area contributed by atoms with Gasteiger partial charge in [0, 0.05) is 81.6 Å². The van der Waals surface area contributed by atoms with Gasteiger partial charge in [0.15, 0.2) is 0 Å². The predicted octanol–water partition coefficient (Wildman–Crippen LogP) is 23.3. The smallest absolute Gasteiger partial charge is 0.405 e. The van der Waals surface area contributed by atoms with Crippen LogP contribution in [0.4, 0.5) is 0 Å². The molecule has 11 aromatic carbocycles. The van der Waals surface area contributed by atoms with Crippen LogP contribution in [0.2, 0.25) is 0 Å². The monoisotopic (exact) mass is 1620 g/mol. The molecule has 0 atom stereocenters. The largest absolute Gasteiger partial charge is 0.494 e. The first-order valence-electron chi connectivity index (χ1n) is 34.1. The Morgan fingerprint density at radius 1 is 0.270 bits per heavy atom. The van der Waals surface area contributed by atoms with Crippen LogP contribution < -0.4 is 5.46 Å². The van der Waals surface area contributed by atoms with Gasteiger partial charge in [-0.1, -0.05) is 206 Å². The lowest BCUT2D eigenvalue weighted by Gasteiger charge is -2.32. The summed E-state index contributed by atoms with van der Waals surface area (Å²) in [5, 5.41) is 15.8. The van der Waals surface area contributed by atoms with Crippen molar-refractivity contribution >= 4 is 211 Å². The van der Waals surface area contributed by atoms with E-state index in [9.17, 15) is 0 Å². The Kier molecular flexibility index (Phi) is 16.8. The fourth-order valence-corrected chi connectivity index (χ4v) is 16.8. The SMILES string of the molecule is Brc1ccc2c3cccc4c5ccccc5n(c2c1)c43.Brc1cccc(-c2ccc3c4cccc5c6ccccc6n(c3c2)c54)c1.Brc1cccc(I)c1.CC1(C)OB(B2OC(C)(C)C(C)(C)O2)OC1(C)C.CC1(C)OB(c2ccc3c4cccc5c6ccccc6n(c3c2)c54)OC1(C)C. The van der Waals surface area contributed by atoms with Crippen molar-refractivity contribution in [2.75, 3.05) is 0 Å². The summed E-state index contributed by atoms with van der Waals surface area (Å²) in [5.41, 5.74) is 12.9. The zero-order valence-corrected chi connectivity index (χ0v) is 64.9. The topological polar surface area (TPSA) is 68.6 Å². The van der Waals surface area contributed by atoms with E-state index in [1.54, 1.807) is 0 Å². The van der Waals surface area contributed by atoms with Crippen LogP contribution in [-0.4, -0.2) is 67.9 Å². The summed E-state index contributed by atoms with van der Waals surface area (Å²) in [7, 11) is -1.30. The molecular formula is C84H74B3Br3IN3O6. The van der Waals surface area contributed by atoms with Crippen molar-refractivity contribution in [3.8, 4) is 11.1 Å². The van der Waals surface area contributed by atoms with Crippen molar-refractivity contribution in [3.05, 3.63) is 248 Å². The van der Waals surface area contributed by atoms with Crippen molar-refractivity contribution < 1.29 is 27.9 Å². The molecule has 3 fully saturated rings. The maximum Gasteiger partial charge on any atom is 0.494 e. The summed E-state index contributed by atoms with van der Waals surface area (Å²) in [5.74, 6) is 0. The number of hydrogen-bond donors (Lipinski definition) is 0. The minimum absolute atomic E-state index is 0.340. The molecule has 498 valence electrons. The first-order valence-corrected chi connectivity index (χ1v) is 37.6. The van der Waals surface area contributed by atoms with Crippen LogP contribution in [0.15, 0.2) is 244 Å². The van der Waals surface area contributed by atoms with Gasteiger partial charge in [0.2, 0.25) is 0 Å². The molecule has 3 aliphatic heterocycles. The highest BCUT2D eigenvalue weighted by molar-refractivity contribution is 14.1. The summed E-state index contributed by atoms with van der Waals surface area (Å²) in [6.07, 6.45) is 0. The van der Waals surface area contributed by atoms with Crippen molar-refractivity contribution in [1.29, 1.82) is 0 Å². The molecule has 16 heteroatoms. The summed E-state index contributed by atoms with van der Waals surface area (Å²) >= 11 is 12.8. The van der Waals surface area contributed by atoms with Gasteiger partial charge in [-0.3, -0.25) is 0 Å². The number of aromatic nitrogens is 3. The van der Waals surface area contributed by atoms with Gasteiger partial charge in [-0.25, -0.2) is 0 Å². The van der Waals surface area contributed by atoms with Crippen LogP contribution in [0, 0.1) is 3.57 Å². The number of para-hydroxylation sites is 6. The molecule has 3 saturated heterocycles. The molecule has 6 aromatic heterocycles. The van der Waals surface area contributed by atoms with Crippen molar-refractivity contribution in [2.45, 2.75) is 117 Å². The van der Waals surface area contributed by atoms with Gasteiger partial charge in [-0.15, -0.1) is 0 Å². The Labute approximate surface area is 622 Å². The fraction of sp³-hybridized carbons (Fsp3) is 0.214. The number of benzene rings is 11. The zero-order chi connectivity index (χ0) is 69.7. The van der Waals surface area contributed by atoms with E-state index >= 15 is 0 Å². The highest BCUT2D eigenvalue weighted by Gasteiger charge is 2.64. The third-order valence-corrected chi connectivity index (χ3v) is 24.0. The lowest BCUT2D eigenvalue weighted by atomic mass is 9.49. The van der Waals surface area contributed by atoms with E-state index in [-0.39, 0.29) is 40.7 Å². The molecule has 0 amide bonds. The Hall–Kier alpha value is -7.06. The van der Waals surface area contributed by atoms with Gasteiger partial charge >= 0.3 is 21.1 Å². The lowest BCUT2D eigenvalue weighted by molar-refractivity contribution is 0.00578. The highest BCUT2D eigenvalue weighted by atomic mass is 127. The number of halogens is 4. The average molecular weight is 1620 g/mol. The zero-order valence-electron chi connectivity index (χ0n) is 58.0. The first-order chi connectivity index (χ1) is 47.7. The van der Waals surface area contributed by atoms with E-state index in [0.29, 0.717) is 0 Å². The van der Waals surface area contributed by atoms with E-state index in [4.69, 9.17) is 27.9 Å². The molecule has 0 unspecified atom stereocenters. The molecule has 0 saturated carbocycles. The van der Waals surface area contributed by atoms with E-state index in [2.05, 4.69) is 330 Å². The normalized spacial score (nSPS) is 17.4. The molecule has 20 rings (SSSR count). The van der Waals surface area contributed by atoms with Gasteiger partial charge in [-0.2, -0.15) is 0 Å². The van der Waals surface area contributed by atoms with Crippen molar-refractivity contribution in [2.24, 2.45) is 0 Å². The molecule has 0 N–H and O–H groups in total. The van der Waals surface area contributed by atoms with Crippen molar-refractivity contribution in [1.82, 2.24) is 13.2 Å². The summed E-state index contributed by atoms with van der Waals surface area (Å²) in [6.45, 7) is 24.6. The predicted molar refractivity (Wildman–Crippen MR) is 439 cm³/mol. The second-order valence-corrected chi connectivity index (χ2v) is 33.6. The first kappa shape index (κ1) is 67.4. The number of fused-ring (bicyclic) bond motifs is 18. The minimum Gasteiger partial charge on any atom is -0.405 e. The number of hydrogen-bond acceptors (Lipinski definition) is 6. The van der Waals surface area contributed by atoms with Gasteiger partial charge < -0.3 is 41.1 Å². The van der Waals surface area contributed by atoms with Crippen LogP contribution in [0.3, 0.4) is 0 Å². The van der Waals surface area contributed by atoms with Gasteiger partial charge in [0.05, 0.1) is 83.3 Å². The minimum atomic E-state index is -0.476. The van der Waals surface area contributed by atoms with E-state index in [1.165, 1.54) is 129 Å². The van der Waals surface area contributed by atoms with Gasteiger partial charge in [-0.05, 0) is 195 Å². The standard InChI is InChI=1S/C24H22BNO2.C24H14BrN.C18H10BrN.C12H24B2O4.C6H4BrI/c1-23(2)24(3,4)28-25(27-23)15-12-13-17-19-10-7-9-18-16-8-5-6-11-20(16)26(22(18)19)21(17)14-15;25-17-6-3-5-15(13-17)16-11-12-19-21-9-4-8-20-18-7-1-2-10-22(18)26(24(20)21)23(19)14-16;19-11-8-9-13-15-6-3-5-14-12-4-1-2-7-16(12)20(18(14)15)17(13)10-11;1-9(2)10(3,4)16-13(15-9)14-17-11(5,6)12(7,8)18-14;7-5-2-1-3-6(8)4-5/h5-14H,1-4H3;1-14H;1-10H;1-8H3;1-4H. The molecule has 0 aliphatic carbocycles. The molecule has 3 aliphatic rings. The molecule has 0 spiro atoms. The second kappa shape index (κ2) is 24.8. The maximum absolute atomic E-state index is 6.30. The molecule has 0 bridgehead atoms. The quantitative estimate of drug-likeness (QED) is 0.130. The summed E-state index contributed by atoms with van der Waals surface area (Å²) in [6, 6.07) is 82.4. The van der Waals surface area contributed by atoms with E-state index in [0.717, 1.165) is 18.9 Å². The Balaban J connectivity index is 0.000000101. The average Bonchev–Trinajstić information content (AvgIpc) is 1.56. The van der Waals surface area contributed by atoms with Crippen LogP contribution in [-0.2, 0) is 27.9 Å². The Bertz CT molecular complexity index is 5920. The number of rotatable bonds is 3. The number of nitrogens with zero attached hydrogens (tertiary/aromatic N) is 3. The summed E-state index contributed by atoms with van der Waals surface area (Å²) < 4.78 is 48.3. The molecule has 100 heavy (non-hydrogen) atoms. The fourth-order valence-electron chi connectivity index (χ4n) is 14.7. The van der Waals surface area contributed by atoms with Crippen LogP contribution in [0.1, 0.15) is 83.1 Å². The molecule has 0 radical (unpaired) electrons. The van der Waals surface area contributed by atoms with Crippen LogP contribution in [0.5, 0.6) is 0 Å². The third kappa shape index (κ3) is 11.2. The van der Waals surface area contributed by atoms with Crippen LogP contribution >= 0.6 is 70.4 Å². The molecular weight excluding hydrogens is 1550 g/mol. The van der Waals surface area contributed by atoms with Gasteiger partial charge in [0.1, 0.15) is 0 Å². The highest BCUT2D eigenvalue weighted by Crippen LogP contribution is 2.46. The molecule has 9 nitrogen and oxygen atoms in total. The van der Waals surface area contributed by atoms with E-state index in [1.807, 2.05) is 67.5 Å². The lowest BCUT2D eigenvalue weighted by Crippen LogP contribution is -2.41. The molecule has 17 aromatic rings. The maximum atomic E-state index is 6.30. The Morgan fingerprint density at radius 2 is 0.580 bits per heavy atom. The van der Waals surface area contributed by atoms with E-state index < -0.39 is 14.0 Å².